The summed E-state index contributed by atoms with van der Waals surface area (Å²) in [6, 6.07) is 14.5. The molecule has 0 N–H and O–H groups in total. The second-order valence-corrected chi connectivity index (χ2v) is 8.07. The van der Waals surface area contributed by atoms with Gasteiger partial charge in [0.05, 0.1) is 14.2 Å². The molecule has 152 valence electrons. The van der Waals surface area contributed by atoms with E-state index < -0.39 is 0 Å². The predicted octanol–water partition coefficient (Wildman–Crippen LogP) is 3.98. The number of ketones is 1. The molecule has 5 heteroatoms. The molecular formula is C24H29NO3Pb. The molecule has 0 saturated carbocycles. The summed E-state index contributed by atoms with van der Waals surface area (Å²) in [5.41, 5.74) is 3.31. The van der Waals surface area contributed by atoms with E-state index in [4.69, 9.17) is 9.47 Å². The minimum absolute atomic E-state index is 0. The number of rotatable bonds is 6. The summed E-state index contributed by atoms with van der Waals surface area (Å²) >= 11 is 0. The molecule has 1 unspecified atom stereocenters. The first-order valence-corrected chi connectivity index (χ1v) is 10.2. The Kier molecular flexibility index (Phi) is 7.74. The van der Waals surface area contributed by atoms with Crippen molar-refractivity contribution in [1.29, 1.82) is 0 Å². The van der Waals surface area contributed by atoms with Crippen LogP contribution >= 0.6 is 0 Å². The van der Waals surface area contributed by atoms with Gasteiger partial charge in [0, 0.05) is 45.3 Å². The summed E-state index contributed by atoms with van der Waals surface area (Å²) in [4.78, 5) is 15.5. The average molecular weight is 587 g/mol. The molecule has 1 saturated heterocycles. The Morgan fingerprint density at radius 1 is 1.00 bits per heavy atom. The number of Topliss-reactive ketones (excluding diaryl/α,β-unsaturated/α-hetero) is 1. The smallest absolute Gasteiger partial charge is 0.166 e. The number of fused-ring (bicyclic) bond motifs is 1. The predicted molar refractivity (Wildman–Crippen MR) is 116 cm³/mol. The molecule has 4 radical (unpaired) electrons. The molecule has 2 aromatic carbocycles. The van der Waals surface area contributed by atoms with E-state index >= 15 is 0 Å². The van der Waals surface area contributed by atoms with E-state index in [1.54, 1.807) is 14.2 Å². The van der Waals surface area contributed by atoms with Crippen LogP contribution in [0.5, 0.6) is 11.5 Å². The van der Waals surface area contributed by atoms with Crippen molar-refractivity contribution in [2.24, 2.45) is 11.8 Å². The van der Waals surface area contributed by atoms with E-state index in [1.165, 1.54) is 18.4 Å². The molecule has 0 bridgehead atoms. The second kappa shape index (κ2) is 10.1. The molecule has 2 aliphatic rings. The van der Waals surface area contributed by atoms with Crippen molar-refractivity contribution in [1.82, 2.24) is 4.90 Å². The molecule has 4 rings (SSSR count). The van der Waals surface area contributed by atoms with Gasteiger partial charge < -0.3 is 9.47 Å². The van der Waals surface area contributed by atoms with Crippen LogP contribution in [0.3, 0.4) is 0 Å². The molecular weight excluding hydrogens is 557 g/mol. The summed E-state index contributed by atoms with van der Waals surface area (Å²) in [6.07, 6.45) is 4.19. The van der Waals surface area contributed by atoms with Gasteiger partial charge in [-0.05, 0) is 68.0 Å². The minimum atomic E-state index is 0. The Balaban J connectivity index is 0.00000240. The van der Waals surface area contributed by atoms with Gasteiger partial charge in [-0.1, -0.05) is 30.3 Å². The standard InChI is InChI=1S/C24H29NO3.Pb/c1-27-22-14-19-13-20(24(26)21(19)15-23(22)28-2)12-17-8-10-25(11-9-17)16-18-6-4-3-5-7-18;/h3-7,14-15,17,20H,8-13,16H2,1-2H3;. The summed E-state index contributed by atoms with van der Waals surface area (Å²) in [6.45, 7) is 3.27. The van der Waals surface area contributed by atoms with Crippen LogP contribution in [0.15, 0.2) is 42.5 Å². The summed E-state index contributed by atoms with van der Waals surface area (Å²) in [5.74, 6) is 2.38. The van der Waals surface area contributed by atoms with E-state index in [0.717, 1.165) is 43.6 Å². The zero-order valence-corrected chi connectivity index (χ0v) is 21.2. The molecule has 1 aliphatic heterocycles. The van der Waals surface area contributed by atoms with Crippen molar-refractivity contribution in [2.75, 3.05) is 27.3 Å². The summed E-state index contributed by atoms with van der Waals surface area (Å²) < 4.78 is 10.8. The van der Waals surface area contributed by atoms with E-state index in [1.807, 2.05) is 12.1 Å². The Bertz CT molecular complexity index is 832. The number of benzene rings is 2. The van der Waals surface area contributed by atoms with Crippen LogP contribution in [-0.4, -0.2) is 65.3 Å². The molecule has 0 aromatic heterocycles. The summed E-state index contributed by atoms with van der Waals surface area (Å²) in [7, 11) is 3.26. The Hall–Kier alpha value is -1.41. The van der Waals surface area contributed by atoms with Crippen LogP contribution in [0, 0.1) is 11.8 Å². The third-order valence-electron chi connectivity index (χ3n) is 6.29. The van der Waals surface area contributed by atoms with Crippen LogP contribution in [-0.2, 0) is 13.0 Å². The Morgan fingerprint density at radius 2 is 1.66 bits per heavy atom. The molecule has 0 amide bonds. The van der Waals surface area contributed by atoms with Gasteiger partial charge in [0.1, 0.15) is 0 Å². The molecule has 2 aromatic rings. The van der Waals surface area contributed by atoms with Gasteiger partial charge in [-0.25, -0.2) is 0 Å². The fourth-order valence-electron chi connectivity index (χ4n) is 4.71. The van der Waals surface area contributed by atoms with Crippen LogP contribution in [0.4, 0.5) is 0 Å². The van der Waals surface area contributed by atoms with Crippen molar-refractivity contribution in [3.8, 4) is 11.5 Å². The normalized spacial score (nSPS) is 19.5. The fraction of sp³-hybridized carbons (Fsp3) is 0.458. The maximum absolute atomic E-state index is 12.9. The van der Waals surface area contributed by atoms with Crippen molar-refractivity contribution < 1.29 is 14.3 Å². The molecule has 0 spiro atoms. The van der Waals surface area contributed by atoms with Crippen LogP contribution < -0.4 is 9.47 Å². The number of ether oxygens (including phenoxy) is 2. The van der Waals surface area contributed by atoms with Crippen molar-refractivity contribution in [2.45, 2.75) is 32.2 Å². The van der Waals surface area contributed by atoms with Gasteiger partial charge in [-0.3, -0.25) is 9.69 Å². The molecule has 4 nitrogen and oxygen atoms in total. The van der Waals surface area contributed by atoms with Crippen molar-refractivity contribution >= 4 is 33.1 Å². The van der Waals surface area contributed by atoms with Gasteiger partial charge in [-0.15, -0.1) is 0 Å². The van der Waals surface area contributed by atoms with Gasteiger partial charge in [0.15, 0.2) is 17.3 Å². The topological polar surface area (TPSA) is 38.8 Å². The van der Waals surface area contributed by atoms with E-state index in [0.29, 0.717) is 17.4 Å². The number of methoxy groups -OCH3 is 2. The van der Waals surface area contributed by atoms with Gasteiger partial charge >= 0.3 is 0 Å². The second-order valence-electron chi connectivity index (χ2n) is 8.07. The molecule has 1 heterocycles. The number of hydrogen-bond donors (Lipinski definition) is 0. The third kappa shape index (κ3) is 5.02. The monoisotopic (exact) mass is 587 g/mol. The van der Waals surface area contributed by atoms with E-state index in [2.05, 4.69) is 35.2 Å². The largest absolute Gasteiger partial charge is 0.493 e. The third-order valence-corrected chi connectivity index (χ3v) is 6.29. The SMILES string of the molecule is COc1cc2c(cc1OC)C(=O)C(CC1CCN(Cc3ccccc3)CC1)C2.[Pb]. The maximum Gasteiger partial charge on any atom is 0.166 e. The van der Waals surface area contributed by atoms with Crippen LogP contribution in [0.25, 0.3) is 0 Å². The first-order valence-electron chi connectivity index (χ1n) is 10.2. The van der Waals surface area contributed by atoms with Gasteiger partial charge in [0.2, 0.25) is 0 Å². The van der Waals surface area contributed by atoms with E-state index in [-0.39, 0.29) is 39.0 Å². The molecule has 1 atom stereocenters. The molecule has 29 heavy (non-hydrogen) atoms. The quantitative estimate of drug-likeness (QED) is 0.481. The molecule has 1 fully saturated rings. The Morgan fingerprint density at radius 3 is 2.31 bits per heavy atom. The van der Waals surface area contributed by atoms with Crippen LogP contribution in [0.1, 0.15) is 40.7 Å². The number of likely N-dealkylation sites (tertiary alicyclic amines) is 1. The maximum atomic E-state index is 12.9. The minimum Gasteiger partial charge on any atom is -0.493 e. The average Bonchev–Trinajstić information content (AvgIpc) is 3.03. The number of carbonyl (C=O) groups excluding carboxylic acids is 1. The van der Waals surface area contributed by atoms with Crippen molar-refractivity contribution in [3.05, 3.63) is 59.2 Å². The van der Waals surface area contributed by atoms with Gasteiger partial charge in [-0.2, -0.15) is 0 Å². The van der Waals surface area contributed by atoms with E-state index in [9.17, 15) is 4.79 Å². The zero-order valence-electron chi connectivity index (χ0n) is 17.3. The number of nitrogens with zero attached hydrogens (tertiary/aromatic N) is 1. The molecule has 1 aliphatic carbocycles. The number of hydrogen-bond acceptors (Lipinski definition) is 4. The first kappa shape index (κ1) is 22.3. The summed E-state index contributed by atoms with van der Waals surface area (Å²) in [5, 5.41) is 0. The van der Waals surface area contributed by atoms with Crippen molar-refractivity contribution in [3.63, 3.8) is 0 Å². The number of piperidine rings is 1. The zero-order chi connectivity index (χ0) is 19.5. The van der Waals surface area contributed by atoms with Gasteiger partial charge in [0.25, 0.3) is 0 Å². The fourth-order valence-corrected chi connectivity index (χ4v) is 4.71. The number of carbonyl (C=O) groups is 1. The Labute approximate surface area is 193 Å². The van der Waals surface area contributed by atoms with Crippen LogP contribution in [0.2, 0.25) is 0 Å². The first-order chi connectivity index (χ1) is 13.7.